The summed E-state index contributed by atoms with van der Waals surface area (Å²) in [7, 11) is 1.61. The van der Waals surface area contributed by atoms with Crippen molar-refractivity contribution in [3.63, 3.8) is 0 Å². The quantitative estimate of drug-likeness (QED) is 0.396. The highest BCUT2D eigenvalue weighted by Crippen LogP contribution is 2.33. The number of carbonyl (C=O) groups excluding carboxylic acids is 2. The van der Waals surface area contributed by atoms with E-state index in [0.717, 1.165) is 54.4 Å². The van der Waals surface area contributed by atoms with E-state index in [1.165, 1.54) is 11.3 Å². The molecule has 3 heterocycles. The Morgan fingerprint density at radius 2 is 1.90 bits per heavy atom. The number of aromatic nitrogens is 1. The van der Waals surface area contributed by atoms with E-state index < -0.39 is 0 Å². The summed E-state index contributed by atoms with van der Waals surface area (Å²) in [6, 6.07) is 13.6. The Kier molecular flexibility index (Phi) is 9.15. The van der Waals surface area contributed by atoms with Gasteiger partial charge in [-0.1, -0.05) is 31.2 Å². The second kappa shape index (κ2) is 13.1. The van der Waals surface area contributed by atoms with E-state index in [2.05, 4.69) is 28.2 Å². The molecule has 1 aromatic heterocycles. The SMILES string of the molecule is CCc1ccccc1NC(=O)N(CCOC)Cc1nc(C(=O)N2CCN(Cc3ccc4c(c3)OCO4)CC2)cs1. The number of methoxy groups -OCH3 is 1. The lowest BCUT2D eigenvalue weighted by Gasteiger charge is -2.34. The number of ether oxygens (including phenoxy) is 3. The van der Waals surface area contributed by atoms with Crippen LogP contribution in [0.5, 0.6) is 11.5 Å². The number of nitrogens with zero attached hydrogens (tertiary/aromatic N) is 4. The third kappa shape index (κ3) is 6.72. The molecule has 3 amide bonds. The number of thiazole rings is 1. The van der Waals surface area contributed by atoms with Gasteiger partial charge in [0.25, 0.3) is 5.91 Å². The van der Waals surface area contributed by atoms with Crippen molar-refractivity contribution in [2.24, 2.45) is 0 Å². The maximum atomic E-state index is 13.2. The predicted molar refractivity (Wildman–Crippen MR) is 153 cm³/mol. The van der Waals surface area contributed by atoms with Crippen LogP contribution in [0.4, 0.5) is 10.5 Å². The van der Waals surface area contributed by atoms with Gasteiger partial charge in [0.1, 0.15) is 10.7 Å². The van der Waals surface area contributed by atoms with Gasteiger partial charge < -0.3 is 29.3 Å². The van der Waals surface area contributed by atoms with Crippen molar-refractivity contribution in [1.82, 2.24) is 19.7 Å². The number of benzene rings is 2. The summed E-state index contributed by atoms with van der Waals surface area (Å²) < 4.78 is 16.1. The van der Waals surface area contributed by atoms with Crippen LogP contribution in [0.3, 0.4) is 0 Å². The van der Waals surface area contributed by atoms with E-state index >= 15 is 0 Å². The van der Waals surface area contributed by atoms with Gasteiger partial charge in [-0.15, -0.1) is 11.3 Å². The molecule has 2 aromatic carbocycles. The molecule has 0 saturated carbocycles. The van der Waals surface area contributed by atoms with E-state index in [-0.39, 0.29) is 18.7 Å². The minimum Gasteiger partial charge on any atom is -0.454 e. The molecule has 1 saturated heterocycles. The number of nitrogens with one attached hydrogen (secondary N) is 1. The summed E-state index contributed by atoms with van der Waals surface area (Å²) in [6.07, 6.45) is 0.819. The van der Waals surface area contributed by atoms with Gasteiger partial charge in [0.2, 0.25) is 6.79 Å². The smallest absolute Gasteiger partial charge is 0.322 e. The molecule has 1 fully saturated rings. The average Bonchev–Trinajstić information content (AvgIpc) is 3.65. The van der Waals surface area contributed by atoms with Crippen molar-refractivity contribution >= 4 is 29.0 Å². The Balaban J connectivity index is 1.15. The lowest BCUT2D eigenvalue weighted by Crippen LogP contribution is -2.48. The molecular weight excluding hydrogens is 530 g/mol. The number of para-hydroxylation sites is 1. The first kappa shape index (κ1) is 27.9. The average molecular weight is 566 g/mol. The Morgan fingerprint density at radius 1 is 1.10 bits per heavy atom. The monoisotopic (exact) mass is 565 g/mol. The van der Waals surface area contributed by atoms with Crippen molar-refractivity contribution in [2.75, 3.05) is 58.6 Å². The van der Waals surface area contributed by atoms with Gasteiger partial charge in [-0.2, -0.15) is 0 Å². The minimum absolute atomic E-state index is 0.0741. The number of hydrogen-bond donors (Lipinski definition) is 1. The summed E-state index contributed by atoms with van der Waals surface area (Å²) in [4.78, 5) is 36.8. The van der Waals surface area contributed by atoms with Gasteiger partial charge in [0.15, 0.2) is 11.5 Å². The fourth-order valence-corrected chi connectivity index (χ4v) is 5.59. The summed E-state index contributed by atoms with van der Waals surface area (Å²) in [5.74, 6) is 1.50. The molecule has 212 valence electrons. The number of carbonyl (C=O) groups is 2. The molecule has 10 nitrogen and oxygen atoms in total. The standard InChI is InChI=1S/C29H35N5O5S/c1-3-22-6-4-5-7-23(22)31-29(36)34(14-15-37-2)18-27-30-24(19-40-27)28(35)33-12-10-32(11-13-33)17-21-8-9-25-26(16-21)39-20-38-25/h4-9,16,19H,3,10-15,17-18,20H2,1-2H3,(H,31,36). The summed E-state index contributed by atoms with van der Waals surface area (Å²) in [5.41, 5.74) is 3.45. The van der Waals surface area contributed by atoms with Crippen molar-refractivity contribution in [1.29, 1.82) is 0 Å². The van der Waals surface area contributed by atoms with Gasteiger partial charge in [-0.25, -0.2) is 9.78 Å². The van der Waals surface area contributed by atoms with Gasteiger partial charge in [0.05, 0.1) is 13.2 Å². The Hall–Kier alpha value is -3.67. The van der Waals surface area contributed by atoms with Crippen molar-refractivity contribution in [3.05, 3.63) is 69.7 Å². The number of aryl methyl sites for hydroxylation is 1. The van der Waals surface area contributed by atoms with Crippen molar-refractivity contribution in [3.8, 4) is 11.5 Å². The second-order valence-electron chi connectivity index (χ2n) is 9.74. The van der Waals surface area contributed by atoms with Gasteiger partial charge >= 0.3 is 6.03 Å². The van der Waals surface area contributed by atoms with E-state index in [0.29, 0.717) is 43.5 Å². The first-order valence-electron chi connectivity index (χ1n) is 13.5. The fraction of sp³-hybridized carbons (Fsp3) is 0.414. The number of rotatable bonds is 10. The number of anilines is 1. The van der Waals surface area contributed by atoms with Crippen molar-refractivity contribution < 1.29 is 23.8 Å². The Morgan fingerprint density at radius 3 is 2.70 bits per heavy atom. The van der Waals surface area contributed by atoms with Crippen LogP contribution >= 0.6 is 11.3 Å². The maximum absolute atomic E-state index is 13.2. The third-order valence-electron chi connectivity index (χ3n) is 7.09. The highest BCUT2D eigenvalue weighted by Gasteiger charge is 2.25. The molecule has 2 aliphatic rings. The summed E-state index contributed by atoms with van der Waals surface area (Å²) in [5, 5.41) is 5.52. The van der Waals surface area contributed by atoms with E-state index in [1.807, 2.05) is 41.3 Å². The van der Waals surface area contributed by atoms with Crippen molar-refractivity contribution in [2.45, 2.75) is 26.4 Å². The molecule has 2 aliphatic heterocycles. The molecular formula is C29H35N5O5S. The third-order valence-corrected chi connectivity index (χ3v) is 7.93. The van der Waals surface area contributed by atoms with Gasteiger partial charge in [-0.3, -0.25) is 9.69 Å². The zero-order valence-electron chi connectivity index (χ0n) is 22.9. The molecule has 0 atom stereocenters. The Bertz CT molecular complexity index is 1320. The van der Waals surface area contributed by atoms with Crippen LogP contribution in [-0.2, 0) is 24.2 Å². The van der Waals surface area contributed by atoms with Gasteiger partial charge in [-0.05, 0) is 35.7 Å². The van der Waals surface area contributed by atoms with E-state index in [4.69, 9.17) is 14.2 Å². The van der Waals surface area contributed by atoms with Crippen LogP contribution in [0.1, 0.15) is 33.5 Å². The molecule has 0 unspecified atom stereocenters. The Labute approximate surface area is 238 Å². The summed E-state index contributed by atoms with van der Waals surface area (Å²) >= 11 is 1.39. The largest absolute Gasteiger partial charge is 0.454 e. The van der Waals surface area contributed by atoms with Crippen LogP contribution in [0.25, 0.3) is 0 Å². The molecule has 0 spiro atoms. The number of hydrogen-bond acceptors (Lipinski definition) is 8. The highest BCUT2D eigenvalue weighted by molar-refractivity contribution is 7.09. The predicted octanol–water partition coefficient (Wildman–Crippen LogP) is 4.07. The molecule has 3 aromatic rings. The molecule has 0 aliphatic carbocycles. The number of fused-ring (bicyclic) bond motifs is 1. The first-order valence-corrected chi connectivity index (χ1v) is 14.4. The van der Waals surface area contributed by atoms with Gasteiger partial charge in [0, 0.05) is 57.4 Å². The zero-order chi connectivity index (χ0) is 27.9. The van der Waals surface area contributed by atoms with E-state index in [9.17, 15) is 9.59 Å². The minimum atomic E-state index is -0.223. The van der Waals surface area contributed by atoms with Crippen LogP contribution in [0.15, 0.2) is 47.8 Å². The molecule has 0 radical (unpaired) electrons. The van der Waals surface area contributed by atoms with Crippen LogP contribution in [0, 0.1) is 0 Å². The normalized spacial score (nSPS) is 14.8. The number of urea groups is 1. The van der Waals surface area contributed by atoms with E-state index in [1.54, 1.807) is 17.4 Å². The first-order chi connectivity index (χ1) is 19.5. The van der Waals surface area contributed by atoms with Crippen LogP contribution in [-0.4, -0.2) is 84.9 Å². The lowest BCUT2D eigenvalue weighted by molar-refractivity contribution is 0.0623. The number of amides is 3. The summed E-state index contributed by atoms with van der Waals surface area (Å²) in [6.45, 7) is 7.05. The molecule has 11 heteroatoms. The van der Waals surface area contributed by atoms with Crippen LogP contribution in [0.2, 0.25) is 0 Å². The molecule has 5 rings (SSSR count). The topological polar surface area (TPSA) is 96.5 Å². The van der Waals surface area contributed by atoms with Crippen LogP contribution < -0.4 is 14.8 Å². The molecule has 1 N–H and O–H groups in total. The zero-order valence-corrected chi connectivity index (χ0v) is 23.7. The molecule has 40 heavy (non-hydrogen) atoms. The molecule has 0 bridgehead atoms. The highest BCUT2D eigenvalue weighted by atomic mass is 32.1. The fourth-order valence-electron chi connectivity index (χ4n) is 4.81. The maximum Gasteiger partial charge on any atom is 0.322 e. The number of piperazine rings is 1. The lowest BCUT2D eigenvalue weighted by atomic mass is 10.1. The second-order valence-corrected chi connectivity index (χ2v) is 10.7.